The minimum Gasteiger partial charge on any atom is -0.481 e. The van der Waals surface area contributed by atoms with Crippen molar-refractivity contribution in [2.45, 2.75) is 38.0 Å². The average Bonchev–Trinajstić information content (AvgIpc) is 3.18. The lowest BCUT2D eigenvalue weighted by molar-refractivity contribution is -0.146. The minimum absolute atomic E-state index is 0.172. The summed E-state index contributed by atoms with van der Waals surface area (Å²) in [6.45, 7) is 7.91. The fourth-order valence-electron chi connectivity index (χ4n) is 4.53. The monoisotopic (exact) mass is 339 g/mol. The second-order valence-corrected chi connectivity index (χ2v) is 7.36. The molecule has 1 spiro atoms. The van der Waals surface area contributed by atoms with Crippen molar-refractivity contribution in [1.29, 1.82) is 0 Å². The van der Waals surface area contributed by atoms with Crippen molar-refractivity contribution in [3.8, 4) is 0 Å². The van der Waals surface area contributed by atoms with E-state index in [0.29, 0.717) is 6.42 Å². The molecule has 5 heteroatoms. The fraction of sp³-hybridized carbons (Fsp3) is 0.400. The third-order valence-electron chi connectivity index (χ3n) is 5.56. The number of carboxylic acids is 1. The number of carbonyl (C=O) groups is 2. The summed E-state index contributed by atoms with van der Waals surface area (Å²) in [4.78, 5) is 26.8. The molecule has 5 nitrogen and oxygen atoms in total. The molecule has 2 saturated heterocycles. The van der Waals surface area contributed by atoms with Gasteiger partial charge in [0, 0.05) is 5.69 Å². The highest BCUT2D eigenvalue weighted by Crippen LogP contribution is 2.56. The van der Waals surface area contributed by atoms with Crippen LogP contribution in [-0.2, 0) is 14.3 Å². The quantitative estimate of drug-likeness (QED) is 0.857. The van der Waals surface area contributed by atoms with Crippen molar-refractivity contribution in [3.63, 3.8) is 0 Å². The molecular weight excluding hydrogens is 318 g/mol. The maximum Gasteiger partial charge on any atom is 0.310 e. The van der Waals surface area contributed by atoms with Crippen LogP contribution in [0.3, 0.4) is 0 Å². The molecule has 4 rings (SSSR count). The SMILES string of the molecule is C=C(C)C[C@@H]1N(c2ccc(C)cc2)C(=O)[C@H]2[C@H](C(=O)O)[C@H]3C=C[C@@]12O3. The molecule has 3 aliphatic rings. The topological polar surface area (TPSA) is 66.8 Å². The summed E-state index contributed by atoms with van der Waals surface area (Å²) in [7, 11) is 0. The van der Waals surface area contributed by atoms with E-state index in [0.717, 1.165) is 16.8 Å². The molecule has 1 N–H and O–H groups in total. The maximum absolute atomic E-state index is 13.3. The Bertz CT molecular complexity index is 796. The lowest BCUT2D eigenvalue weighted by Crippen LogP contribution is -2.45. The number of ether oxygens (including phenoxy) is 1. The van der Waals surface area contributed by atoms with Crippen LogP contribution in [0.5, 0.6) is 0 Å². The highest BCUT2D eigenvalue weighted by Gasteiger charge is 2.71. The van der Waals surface area contributed by atoms with Crippen molar-refractivity contribution in [2.75, 3.05) is 4.90 Å². The van der Waals surface area contributed by atoms with Crippen LogP contribution in [0, 0.1) is 18.8 Å². The van der Waals surface area contributed by atoms with Crippen LogP contribution < -0.4 is 4.90 Å². The molecule has 5 atom stereocenters. The number of nitrogens with zero attached hydrogens (tertiary/aromatic N) is 1. The number of hydrogen-bond acceptors (Lipinski definition) is 3. The Balaban J connectivity index is 1.84. The first-order valence-electron chi connectivity index (χ1n) is 8.49. The molecule has 0 aromatic heterocycles. The van der Waals surface area contributed by atoms with Crippen LogP contribution in [0.2, 0.25) is 0 Å². The largest absolute Gasteiger partial charge is 0.481 e. The van der Waals surface area contributed by atoms with Gasteiger partial charge in [0.05, 0.1) is 18.1 Å². The van der Waals surface area contributed by atoms with Crippen molar-refractivity contribution in [3.05, 3.63) is 54.1 Å². The van der Waals surface area contributed by atoms with Gasteiger partial charge in [-0.05, 0) is 32.4 Å². The second-order valence-electron chi connectivity index (χ2n) is 7.36. The molecule has 0 radical (unpaired) electrons. The summed E-state index contributed by atoms with van der Waals surface area (Å²) in [5.41, 5.74) is 1.93. The van der Waals surface area contributed by atoms with Crippen LogP contribution in [-0.4, -0.2) is 34.7 Å². The molecule has 3 heterocycles. The normalized spacial score (nSPS) is 35.3. The molecule has 2 fully saturated rings. The van der Waals surface area contributed by atoms with Gasteiger partial charge in [-0.1, -0.05) is 35.4 Å². The molecule has 2 bridgehead atoms. The highest BCUT2D eigenvalue weighted by atomic mass is 16.5. The Hall–Kier alpha value is -2.40. The lowest BCUT2D eigenvalue weighted by atomic mass is 9.74. The van der Waals surface area contributed by atoms with Crippen molar-refractivity contribution in [1.82, 2.24) is 0 Å². The number of aliphatic carboxylic acids is 1. The third kappa shape index (κ3) is 2.12. The standard InChI is InChI=1S/C20H21NO4/c1-11(2)10-15-20-9-8-14(25-20)16(19(23)24)17(20)18(22)21(15)13-6-4-12(3)5-7-13/h4-9,14-17H,1,10H2,2-3H3,(H,23,24)/t14-,15+,16-,17-,20-/m1/s1. The summed E-state index contributed by atoms with van der Waals surface area (Å²) >= 11 is 0. The van der Waals surface area contributed by atoms with Crippen LogP contribution in [0.15, 0.2) is 48.6 Å². The van der Waals surface area contributed by atoms with Gasteiger partial charge >= 0.3 is 5.97 Å². The van der Waals surface area contributed by atoms with E-state index in [1.165, 1.54) is 0 Å². The first-order chi connectivity index (χ1) is 11.8. The van der Waals surface area contributed by atoms with Crippen molar-refractivity contribution in [2.24, 2.45) is 11.8 Å². The van der Waals surface area contributed by atoms with E-state index in [9.17, 15) is 14.7 Å². The Morgan fingerprint density at radius 3 is 2.64 bits per heavy atom. The number of carbonyl (C=O) groups excluding carboxylic acids is 1. The van der Waals surface area contributed by atoms with Crippen LogP contribution in [0.4, 0.5) is 5.69 Å². The Morgan fingerprint density at radius 1 is 1.36 bits per heavy atom. The number of hydrogen-bond donors (Lipinski definition) is 1. The molecule has 25 heavy (non-hydrogen) atoms. The Labute approximate surface area is 146 Å². The molecule has 0 saturated carbocycles. The van der Waals surface area contributed by atoms with Gasteiger partial charge in [-0.25, -0.2) is 0 Å². The number of carboxylic acid groups (broad SMARTS) is 1. The van der Waals surface area contributed by atoms with E-state index in [4.69, 9.17) is 4.74 Å². The van der Waals surface area contributed by atoms with Crippen LogP contribution in [0.1, 0.15) is 18.9 Å². The highest BCUT2D eigenvalue weighted by molar-refractivity contribution is 6.03. The zero-order valence-corrected chi connectivity index (χ0v) is 14.3. The number of benzene rings is 1. The molecular formula is C20H21NO4. The van der Waals surface area contributed by atoms with Gasteiger partial charge in [0.2, 0.25) is 5.91 Å². The van der Waals surface area contributed by atoms with Gasteiger partial charge in [-0.2, -0.15) is 0 Å². The van der Waals surface area contributed by atoms with Crippen LogP contribution in [0.25, 0.3) is 0 Å². The summed E-state index contributed by atoms with van der Waals surface area (Å²) in [5.74, 6) is -2.67. The zero-order chi connectivity index (χ0) is 17.9. The van der Waals surface area contributed by atoms with E-state index in [1.807, 2.05) is 44.2 Å². The van der Waals surface area contributed by atoms with Gasteiger partial charge in [0.15, 0.2) is 0 Å². The maximum atomic E-state index is 13.3. The zero-order valence-electron chi connectivity index (χ0n) is 14.3. The molecule has 1 aromatic carbocycles. The molecule has 130 valence electrons. The van der Waals surface area contributed by atoms with Gasteiger partial charge in [-0.15, -0.1) is 6.58 Å². The first-order valence-corrected chi connectivity index (χ1v) is 8.49. The predicted octanol–water partition coefficient (Wildman–Crippen LogP) is 2.70. The van der Waals surface area contributed by atoms with Crippen molar-refractivity contribution >= 4 is 17.6 Å². The van der Waals surface area contributed by atoms with E-state index in [1.54, 1.807) is 11.0 Å². The number of anilines is 1. The Kier molecular flexibility index (Phi) is 3.41. The summed E-state index contributed by atoms with van der Waals surface area (Å²) in [6, 6.07) is 7.44. The second kappa shape index (κ2) is 5.30. The number of aryl methyl sites for hydroxylation is 1. The van der Waals surface area contributed by atoms with E-state index in [2.05, 4.69) is 6.58 Å². The van der Waals surface area contributed by atoms with Crippen LogP contribution >= 0.6 is 0 Å². The summed E-state index contributed by atoms with van der Waals surface area (Å²) in [5, 5.41) is 9.66. The van der Waals surface area contributed by atoms with E-state index >= 15 is 0 Å². The number of rotatable bonds is 4. The van der Waals surface area contributed by atoms with Crippen molar-refractivity contribution < 1.29 is 19.4 Å². The average molecular weight is 339 g/mol. The third-order valence-corrected chi connectivity index (χ3v) is 5.56. The number of amides is 1. The van der Waals surface area contributed by atoms with Gasteiger partial charge in [0.25, 0.3) is 0 Å². The fourth-order valence-corrected chi connectivity index (χ4v) is 4.53. The lowest BCUT2D eigenvalue weighted by Gasteiger charge is -2.33. The molecule has 1 aromatic rings. The smallest absolute Gasteiger partial charge is 0.310 e. The van der Waals surface area contributed by atoms with Gasteiger partial charge in [-0.3, -0.25) is 9.59 Å². The van der Waals surface area contributed by atoms with E-state index < -0.39 is 29.5 Å². The molecule has 3 aliphatic heterocycles. The minimum atomic E-state index is -0.977. The summed E-state index contributed by atoms with van der Waals surface area (Å²) < 4.78 is 6.12. The Morgan fingerprint density at radius 2 is 2.04 bits per heavy atom. The van der Waals surface area contributed by atoms with E-state index in [-0.39, 0.29) is 11.9 Å². The molecule has 0 unspecified atom stereocenters. The number of fused-ring (bicyclic) bond motifs is 1. The predicted molar refractivity (Wildman–Crippen MR) is 93.2 cm³/mol. The summed E-state index contributed by atoms with van der Waals surface area (Å²) in [6.07, 6.45) is 3.74. The first kappa shape index (κ1) is 16.1. The molecule has 0 aliphatic carbocycles. The van der Waals surface area contributed by atoms with Gasteiger partial charge < -0.3 is 14.7 Å². The molecule has 1 amide bonds. The van der Waals surface area contributed by atoms with Gasteiger partial charge in [0.1, 0.15) is 11.5 Å².